The third kappa shape index (κ3) is 3.81. The topological polar surface area (TPSA) is 34.4 Å². The first-order valence-corrected chi connectivity index (χ1v) is 7.91. The van der Waals surface area contributed by atoms with E-state index in [1.807, 2.05) is 24.3 Å². The molecule has 1 aromatic heterocycles. The first kappa shape index (κ1) is 14.1. The highest BCUT2D eigenvalue weighted by molar-refractivity contribution is 5.46. The van der Waals surface area contributed by atoms with Crippen LogP contribution in [0.25, 0.3) is 0 Å². The standard InChI is InChI=1S/C18H23NO2/c1-2-15-11-12-18(20-15)13-19-14-7-9-17(10-8-14)21-16-5-3-4-6-16/h7-12,16,19H,2-6,13H2,1H3. The second-order valence-corrected chi connectivity index (χ2v) is 5.62. The van der Waals surface area contributed by atoms with Gasteiger partial charge in [0.05, 0.1) is 12.6 Å². The molecule has 112 valence electrons. The maximum atomic E-state index is 5.96. The summed E-state index contributed by atoms with van der Waals surface area (Å²) in [5, 5.41) is 3.37. The molecule has 0 amide bonds. The Morgan fingerprint density at radius 2 is 1.76 bits per heavy atom. The van der Waals surface area contributed by atoms with Crippen molar-refractivity contribution >= 4 is 5.69 Å². The molecule has 0 radical (unpaired) electrons. The Morgan fingerprint density at radius 3 is 2.43 bits per heavy atom. The van der Waals surface area contributed by atoms with Gasteiger partial charge in [0.15, 0.2) is 0 Å². The van der Waals surface area contributed by atoms with Gasteiger partial charge in [0, 0.05) is 12.1 Å². The number of ether oxygens (including phenoxy) is 1. The fourth-order valence-corrected chi connectivity index (χ4v) is 2.75. The zero-order valence-corrected chi connectivity index (χ0v) is 12.6. The molecule has 3 nitrogen and oxygen atoms in total. The maximum absolute atomic E-state index is 5.96. The molecule has 3 rings (SSSR count). The van der Waals surface area contributed by atoms with Gasteiger partial charge in [-0.3, -0.25) is 0 Å². The fraction of sp³-hybridized carbons (Fsp3) is 0.444. The Kier molecular flexibility index (Phi) is 4.49. The Morgan fingerprint density at radius 1 is 1.05 bits per heavy atom. The highest BCUT2D eigenvalue weighted by atomic mass is 16.5. The largest absolute Gasteiger partial charge is 0.490 e. The number of anilines is 1. The molecule has 2 aromatic rings. The molecule has 0 saturated heterocycles. The van der Waals surface area contributed by atoms with E-state index in [9.17, 15) is 0 Å². The summed E-state index contributed by atoms with van der Waals surface area (Å²) in [4.78, 5) is 0. The van der Waals surface area contributed by atoms with E-state index in [0.29, 0.717) is 12.6 Å². The van der Waals surface area contributed by atoms with Crippen molar-refractivity contribution in [2.75, 3.05) is 5.32 Å². The van der Waals surface area contributed by atoms with Gasteiger partial charge in [-0.25, -0.2) is 0 Å². The van der Waals surface area contributed by atoms with E-state index >= 15 is 0 Å². The summed E-state index contributed by atoms with van der Waals surface area (Å²) < 4.78 is 11.6. The summed E-state index contributed by atoms with van der Waals surface area (Å²) in [6.07, 6.45) is 6.34. The minimum Gasteiger partial charge on any atom is -0.490 e. The summed E-state index contributed by atoms with van der Waals surface area (Å²) in [5.74, 6) is 2.98. The van der Waals surface area contributed by atoms with Gasteiger partial charge >= 0.3 is 0 Å². The highest BCUT2D eigenvalue weighted by Gasteiger charge is 2.16. The molecule has 1 heterocycles. The van der Waals surface area contributed by atoms with Crippen LogP contribution >= 0.6 is 0 Å². The lowest BCUT2D eigenvalue weighted by Gasteiger charge is -2.13. The summed E-state index contributed by atoms with van der Waals surface area (Å²) in [5.41, 5.74) is 1.09. The van der Waals surface area contributed by atoms with Crippen molar-refractivity contribution in [1.82, 2.24) is 0 Å². The maximum Gasteiger partial charge on any atom is 0.123 e. The highest BCUT2D eigenvalue weighted by Crippen LogP contribution is 2.25. The minimum absolute atomic E-state index is 0.416. The minimum atomic E-state index is 0.416. The predicted molar refractivity (Wildman–Crippen MR) is 84.7 cm³/mol. The number of aryl methyl sites for hydroxylation is 1. The first-order valence-electron chi connectivity index (χ1n) is 7.91. The number of nitrogens with one attached hydrogen (secondary N) is 1. The van der Waals surface area contributed by atoms with Crippen LogP contribution in [0.15, 0.2) is 40.8 Å². The third-order valence-corrected chi connectivity index (χ3v) is 3.99. The predicted octanol–water partition coefficient (Wildman–Crippen LogP) is 4.78. The van der Waals surface area contributed by atoms with E-state index in [1.165, 1.54) is 25.7 Å². The van der Waals surface area contributed by atoms with Crippen molar-refractivity contribution in [2.24, 2.45) is 0 Å². The molecule has 0 unspecified atom stereocenters. The van der Waals surface area contributed by atoms with Crippen LogP contribution in [0.2, 0.25) is 0 Å². The van der Waals surface area contributed by atoms with Crippen molar-refractivity contribution in [3.05, 3.63) is 47.9 Å². The van der Waals surface area contributed by atoms with Gasteiger partial charge in [-0.2, -0.15) is 0 Å². The molecule has 1 N–H and O–H groups in total. The van der Waals surface area contributed by atoms with Gasteiger partial charge in [-0.1, -0.05) is 6.92 Å². The Labute approximate surface area is 126 Å². The smallest absolute Gasteiger partial charge is 0.123 e. The van der Waals surface area contributed by atoms with Gasteiger partial charge in [0.25, 0.3) is 0 Å². The Balaban J connectivity index is 1.51. The monoisotopic (exact) mass is 285 g/mol. The number of furan rings is 1. The molecule has 0 aliphatic heterocycles. The van der Waals surface area contributed by atoms with Gasteiger partial charge in [-0.05, 0) is 62.1 Å². The number of rotatable bonds is 6. The van der Waals surface area contributed by atoms with E-state index < -0.39 is 0 Å². The molecule has 21 heavy (non-hydrogen) atoms. The van der Waals surface area contributed by atoms with Crippen LogP contribution in [0.5, 0.6) is 5.75 Å². The Bertz CT molecular complexity index is 553. The van der Waals surface area contributed by atoms with Gasteiger partial charge < -0.3 is 14.5 Å². The van der Waals surface area contributed by atoms with Crippen LogP contribution in [0.1, 0.15) is 44.1 Å². The van der Waals surface area contributed by atoms with Crippen LogP contribution in [-0.2, 0) is 13.0 Å². The van der Waals surface area contributed by atoms with Crippen LogP contribution in [-0.4, -0.2) is 6.10 Å². The van der Waals surface area contributed by atoms with Gasteiger partial charge in [0.1, 0.15) is 17.3 Å². The fourth-order valence-electron chi connectivity index (χ4n) is 2.75. The van der Waals surface area contributed by atoms with Crippen LogP contribution < -0.4 is 10.1 Å². The quantitative estimate of drug-likeness (QED) is 0.829. The zero-order valence-electron chi connectivity index (χ0n) is 12.6. The second kappa shape index (κ2) is 6.70. The molecule has 1 aliphatic carbocycles. The average Bonchev–Trinajstić information content (AvgIpc) is 3.18. The lowest BCUT2D eigenvalue weighted by Crippen LogP contribution is -2.10. The van der Waals surface area contributed by atoms with E-state index in [1.54, 1.807) is 0 Å². The SMILES string of the molecule is CCc1ccc(CNc2ccc(OC3CCCC3)cc2)o1. The van der Waals surface area contributed by atoms with Gasteiger partial charge in [0.2, 0.25) is 0 Å². The molecular formula is C18H23NO2. The van der Waals surface area contributed by atoms with E-state index in [0.717, 1.165) is 29.4 Å². The van der Waals surface area contributed by atoms with Crippen molar-refractivity contribution in [2.45, 2.75) is 51.7 Å². The molecule has 3 heteroatoms. The number of benzene rings is 1. The van der Waals surface area contributed by atoms with Crippen molar-refractivity contribution in [3.8, 4) is 5.75 Å². The summed E-state index contributed by atoms with van der Waals surface area (Å²) >= 11 is 0. The average molecular weight is 285 g/mol. The van der Waals surface area contributed by atoms with Crippen molar-refractivity contribution < 1.29 is 9.15 Å². The molecule has 0 spiro atoms. The summed E-state index contributed by atoms with van der Waals surface area (Å²) in [6, 6.07) is 12.3. The van der Waals surface area contributed by atoms with Crippen LogP contribution in [0, 0.1) is 0 Å². The second-order valence-electron chi connectivity index (χ2n) is 5.62. The third-order valence-electron chi connectivity index (χ3n) is 3.99. The van der Waals surface area contributed by atoms with E-state index in [4.69, 9.17) is 9.15 Å². The van der Waals surface area contributed by atoms with E-state index in [2.05, 4.69) is 24.4 Å². The van der Waals surface area contributed by atoms with Crippen molar-refractivity contribution in [1.29, 1.82) is 0 Å². The zero-order chi connectivity index (χ0) is 14.5. The molecule has 1 aliphatic rings. The van der Waals surface area contributed by atoms with Crippen LogP contribution in [0.4, 0.5) is 5.69 Å². The molecule has 1 aromatic carbocycles. The number of hydrogen-bond acceptors (Lipinski definition) is 3. The molecule has 0 bridgehead atoms. The first-order chi connectivity index (χ1) is 10.3. The van der Waals surface area contributed by atoms with Crippen LogP contribution in [0.3, 0.4) is 0 Å². The molecular weight excluding hydrogens is 262 g/mol. The normalized spacial score (nSPS) is 15.3. The van der Waals surface area contributed by atoms with E-state index in [-0.39, 0.29) is 0 Å². The lowest BCUT2D eigenvalue weighted by molar-refractivity contribution is 0.210. The number of hydrogen-bond donors (Lipinski definition) is 1. The Hall–Kier alpha value is -1.90. The van der Waals surface area contributed by atoms with Crippen molar-refractivity contribution in [3.63, 3.8) is 0 Å². The molecule has 0 atom stereocenters. The molecule has 1 fully saturated rings. The lowest BCUT2D eigenvalue weighted by atomic mass is 10.2. The molecule has 1 saturated carbocycles. The summed E-state index contributed by atoms with van der Waals surface area (Å²) in [7, 11) is 0. The van der Waals surface area contributed by atoms with Gasteiger partial charge in [-0.15, -0.1) is 0 Å². The summed E-state index contributed by atoms with van der Waals surface area (Å²) in [6.45, 7) is 2.81.